The number of benzene rings is 1. The summed E-state index contributed by atoms with van der Waals surface area (Å²) in [7, 11) is -3.32. The van der Waals surface area contributed by atoms with Gasteiger partial charge in [0, 0.05) is 23.3 Å². The molecule has 128 valence electrons. The summed E-state index contributed by atoms with van der Waals surface area (Å²) in [6, 6.07) is 8.47. The third-order valence-electron chi connectivity index (χ3n) is 4.67. The van der Waals surface area contributed by atoms with Gasteiger partial charge in [0.15, 0.2) is 9.84 Å². The Kier molecular flexibility index (Phi) is 3.61. The van der Waals surface area contributed by atoms with E-state index < -0.39 is 9.84 Å². The van der Waals surface area contributed by atoms with Crippen LogP contribution in [0.2, 0.25) is 0 Å². The number of amides is 1. The molecule has 1 aliphatic heterocycles. The number of carbonyl (C=O) groups excluding carboxylic acids is 1. The number of carbonyl (C=O) groups is 1. The Bertz CT molecular complexity index is 1090. The van der Waals surface area contributed by atoms with Gasteiger partial charge in [0.2, 0.25) is 0 Å². The van der Waals surface area contributed by atoms with Crippen LogP contribution in [-0.4, -0.2) is 30.0 Å². The van der Waals surface area contributed by atoms with Crippen molar-refractivity contribution in [2.24, 2.45) is 0 Å². The van der Waals surface area contributed by atoms with Crippen LogP contribution < -0.4 is 5.32 Å². The van der Waals surface area contributed by atoms with Crippen LogP contribution in [0.3, 0.4) is 0 Å². The predicted octanol–water partition coefficient (Wildman–Crippen LogP) is 3.10. The molecule has 1 aliphatic rings. The third kappa shape index (κ3) is 2.70. The summed E-state index contributed by atoms with van der Waals surface area (Å²) in [5.41, 5.74) is 2.43. The van der Waals surface area contributed by atoms with Crippen LogP contribution in [0.1, 0.15) is 35.2 Å². The molecule has 7 heteroatoms. The van der Waals surface area contributed by atoms with Gasteiger partial charge in [-0.2, -0.15) is 0 Å². The predicted molar refractivity (Wildman–Crippen MR) is 95.6 cm³/mol. The molecule has 1 unspecified atom stereocenters. The minimum Gasteiger partial charge on any atom is -0.346 e. The number of pyridine rings is 1. The fourth-order valence-corrected chi connectivity index (χ4v) is 5.03. The van der Waals surface area contributed by atoms with Crippen LogP contribution in [0, 0.1) is 0 Å². The Morgan fingerprint density at radius 3 is 2.96 bits per heavy atom. The van der Waals surface area contributed by atoms with Gasteiger partial charge in [-0.05, 0) is 42.2 Å². The molecule has 2 N–H and O–H groups in total. The maximum absolute atomic E-state index is 12.6. The lowest BCUT2D eigenvalue weighted by molar-refractivity contribution is 0.102. The Morgan fingerprint density at radius 1 is 1.28 bits per heavy atom. The zero-order chi connectivity index (χ0) is 17.6. The second kappa shape index (κ2) is 5.70. The molecule has 1 atom stereocenters. The summed E-state index contributed by atoms with van der Waals surface area (Å²) < 4.78 is 24.7. The SMILES string of the molecule is CC1CCS(=O)(=O)c2cc(C(=O)Nc3ccnc4[nH]ccc34)ccc21. The van der Waals surface area contributed by atoms with E-state index in [9.17, 15) is 13.2 Å². The highest BCUT2D eigenvalue weighted by Crippen LogP contribution is 2.34. The van der Waals surface area contributed by atoms with Crippen molar-refractivity contribution in [1.29, 1.82) is 0 Å². The van der Waals surface area contributed by atoms with Crippen molar-refractivity contribution in [2.45, 2.75) is 24.2 Å². The number of fused-ring (bicyclic) bond motifs is 2. The van der Waals surface area contributed by atoms with Gasteiger partial charge in [-0.3, -0.25) is 4.79 Å². The fourth-order valence-electron chi connectivity index (χ4n) is 3.21. The Hall–Kier alpha value is -2.67. The number of hydrogen-bond donors (Lipinski definition) is 2. The first-order valence-electron chi connectivity index (χ1n) is 8.06. The van der Waals surface area contributed by atoms with E-state index in [1.807, 2.05) is 13.0 Å². The zero-order valence-electron chi connectivity index (χ0n) is 13.6. The number of sulfone groups is 1. The molecule has 3 heterocycles. The molecule has 0 spiro atoms. The highest BCUT2D eigenvalue weighted by molar-refractivity contribution is 7.91. The summed E-state index contributed by atoms with van der Waals surface area (Å²) in [5, 5.41) is 3.64. The lowest BCUT2D eigenvalue weighted by Crippen LogP contribution is -2.20. The van der Waals surface area contributed by atoms with Crippen LogP contribution in [-0.2, 0) is 9.84 Å². The van der Waals surface area contributed by atoms with Crippen LogP contribution >= 0.6 is 0 Å². The van der Waals surface area contributed by atoms with Crippen molar-refractivity contribution in [3.05, 3.63) is 53.9 Å². The molecule has 0 aliphatic carbocycles. The van der Waals surface area contributed by atoms with Crippen molar-refractivity contribution in [3.8, 4) is 0 Å². The van der Waals surface area contributed by atoms with E-state index in [1.165, 1.54) is 6.07 Å². The van der Waals surface area contributed by atoms with Gasteiger partial charge in [-0.15, -0.1) is 0 Å². The number of aromatic amines is 1. The van der Waals surface area contributed by atoms with Gasteiger partial charge in [-0.25, -0.2) is 13.4 Å². The molecule has 25 heavy (non-hydrogen) atoms. The molecule has 1 aromatic carbocycles. The molecule has 0 saturated carbocycles. The van der Waals surface area contributed by atoms with Crippen molar-refractivity contribution >= 4 is 32.5 Å². The van der Waals surface area contributed by atoms with Crippen molar-refractivity contribution < 1.29 is 13.2 Å². The monoisotopic (exact) mass is 355 g/mol. The van der Waals surface area contributed by atoms with E-state index >= 15 is 0 Å². The summed E-state index contributed by atoms with van der Waals surface area (Å²) in [6.07, 6.45) is 3.97. The summed E-state index contributed by atoms with van der Waals surface area (Å²) >= 11 is 0. The van der Waals surface area contributed by atoms with E-state index in [-0.39, 0.29) is 22.5 Å². The van der Waals surface area contributed by atoms with Gasteiger partial charge >= 0.3 is 0 Å². The zero-order valence-corrected chi connectivity index (χ0v) is 14.4. The molecule has 0 saturated heterocycles. The number of hydrogen-bond acceptors (Lipinski definition) is 4. The minimum atomic E-state index is -3.32. The first kappa shape index (κ1) is 15.8. The normalized spacial score (nSPS) is 18.7. The number of rotatable bonds is 2. The standard InChI is InChI=1S/C18H17N3O3S/c1-11-6-9-25(23,24)16-10-12(2-3-13(11)16)18(22)21-15-5-8-20-17-14(15)4-7-19-17/h2-5,7-8,10-11H,6,9H2,1H3,(H2,19,20,21,22). The highest BCUT2D eigenvalue weighted by atomic mass is 32.2. The number of anilines is 1. The van der Waals surface area contributed by atoms with Crippen molar-refractivity contribution in [1.82, 2.24) is 9.97 Å². The van der Waals surface area contributed by atoms with Crippen molar-refractivity contribution in [2.75, 3.05) is 11.1 Å². The molecule has 1 amide bonds. The molecule has 2 aromatic heterocycles. The Morgan fingerprint density at radius 2 is 2.12 bits per heavy atom. The minimum absolute atomic E-state index is 0.126. The first-order valence-corrected chi connectivity index (χ1v) is 9.71. The lowest BCUT2D eigenvalue weighted by Gasteiger charge is -2.22. The van der Waals surface area contributed by atoms with Gasteiger partial charge in [0.1, 0.15) is 5.65 Å². The van der Waals surface area contributed by atoms with E-state index in [1.54, 1.807) is 30.6 Å². The average Bonchev–Trinajstić information content (AvgIpc) is 3.08. The van der Waals surface area contributed by atoms with Crippen LogP contribution in [0.4, 0.5) is 5.69 Å². The van der Waals surface area contributed by atoms with Gasteiger partial charge in [0.05, 0.1) is 16.3 Å². The van der Waals surface area contributed by atoms with Crippen LogP contribution in [0.15, 0.2) is 47.6 Å². The number of nitrogens with zero attached hydrogens (tertiary/aromatic N) is 1. The third-order valence-corrected chi connectivity index (χ3v) is 6.47. The largest absolute Gasteiger partial charge is 0.346 e. The van der Waals surface area contributed by atoms with Gasteiger partial charge < -0.3 is 10.3 Å². The molecule has 3 aromatic rings. The average molecular weight is 355 g/mol. The van der Waals surface area contributed by atoms with E-state index in [2.05, 4.69) is 15.3 Å². The smallest absolute Gasteiger partial charge is 0.255 e. The van der Waals surface area contributed by atoms with E-state index in [0.717, 1.165) is 10.9 Å². The quantitative estimate of drug-likeness (QED) is 0.739. The maximum atomic E-state index is 12.6. The molecule has 6 nitrogen and oxygen atoms in total. The highest BCUT2D eigenvalue weighted by Gasteiger charge is 2.28. The first-order chi connectivity index (χ1) is 12.0. The van der Waals surface area contributed by atoms with Crippen LogP contribution in [0.5, 0.6) is 0 Å². The fraction of sp³-hybridized carbons (Fsp3) is 0.222. The van der Waals surface area contributed by atoms with E-state index in [4.69, 9.17) is 0 Å². The molecule has 0 radical (unpaired) electrons. The molecule has 4 rings (SSSR count). The number of aromatic nitrogens is 2. The second-order valence-corrected chi connectivity index (χ2v) is 8.39. The summed E-state index contributed by atoms with van der Waals surface area (Å²) in [6.45, 7) is 2.01. The van der Waals surface area contributed by atoms with Gasteiger partial charge in [0.25, 0.3) is 5.91 Å². The number of nitrogens with one attached hydrogen (secondary N) is 2. The topological polar surface area (TPSA) is 91.9 Å². The molecular formula is C18H17N3O3S. The van der Waals surface area contributed by atoms with Crippen LogP contribution in [0.25, 0.3) is 11.0 Å². The summed E-state index contributed by atoms with van der Waals surface area (Å²) in [5.74, 6) is -0.0409. The Balaban J connectivity index is 1.71. The molecule has 0 bridgehead atoms. The lowest BCUT2D eigenvalue weighted by atomic mass is 9.96. The number of H-pyrrole nitrogens is 1. The summed E-state index contributed by atoms with van der Waals surface area (Å²) in [4.78, 5) is 20.1. The van der Waals surface area contributed by atoms with Gasteiger partial charge in [-0.1, -0.05) is 13.0 Å². The second-order valence-electron chi connectivity index (χ2n) is 6.31. The molecular weight excluding hydrogens is 338 g/mol. The molecule has 0 fully saturated rings. The maximum Gasteiger partial charge on any atom is 0.255 e. The van der Waals surface area contributed by atoms with Crippen molar-refractivity contribution in [3.63, 3.8) is 0 Å². The van der Waals surface area contributed by atoms with E-state index in [0.29, 0.717) is 23.3 Å². The Labute approximate surface area is 145 Å².